The Kier molecular flexibility index (Phi) is 7.01. The zero-order valence-corrected chi connectivity index (χ0v) is 16.0. The van der Waals surface area contributed by atoms with Crippen LogP contribution in [0.15, 0.2) is 29.4 Å². The molecule has 0 amide bonds. The minimum absolute atomic E-state index is 0.0259. The minimum Gasteiger partial charge on any atom is -0.355 e. The summed E-state index contributed by atoms with van der Waals surface area (Å²) in [6, 6.07) is 5.81. The summed E-state index contributed by atoms with van der Waals surface area (Å²) in [6.45, 7) is 7.28. The van der Waals surface area contributed by atoms with Crippen LogP contribution in [0.1, 0.15) is 13.8 Å². The van der Waals surface area contributed by atoms with Gasteiger partial charge >= 0.3 is 0 Å². The van der Waals surface area contributed by atoms with Gasteiger partial charge in [-0.15, -0.1) is 0 Å². The minimum atomic E-state index is -3.26. The summed E-state index contributed by atoms with van der Waals surface area (Å²) in [5.41, 5.74) is 0. The summed E-state index contributed by atoms with van der Waals surface area (Å²) >= 11 is 0. The van der Waals surface area contributed by atoms with E-state index in [1.54, 1.807) is 13.2 Å². The SMILES string of the molecule is CN=C(NCCS(=O)(=O)NC(C)C)N1CCN(c2ccccn2)CC1. The molecule has 0 saturated carbocycles. The lowest BCUT2D eigenvalue weighted by atomic mass is 10.3. The van der Waals surface area contributed by atoms with E-state index in [1.165, 1.54) is 0 Å². The first kappa shape index (κ1) is 19.5. The van der Waals surface area contributed by atoms with Gasteiger partial charge in [0.1, 0.15) is 5.82 Å². The second kappa shape index (κ2) is 9.00. The standard InChI is InChI=1S/C16H28N6O2S/c1-14(2)20-25(23,24)13-8-19-16(17-3)22-11-9-21(10-12-22)15-6-4-5-7-18-15/h4-7,14,20H,8-13H2,1-3H3,(H,17,19). The average Bonchev–Trinajstić information content (AvgIpc) is 2.58. The van der Waals surface area contributed by atoms with Gasteiger partial charge in [0.15, 0.2) is 5.96 Å². The number of nitrogens with one attached hydrogen (secondary N) is 2. The number of hydrogen-bond donors (Lipinski definition) is 2. The smallest absolute Gasteiger partial charge is 0.213 e. The van der Waals surface area contributed by atoms with Crippen LogP contribution in [-0.4, -0.2) is 75.8 Å². The predicted octanol–water partition coefficient (Wildman–Crippen LogP) is 0.107. The molecule has 1 fully saturated rings. The van der Waals surface area contributed by atoms with Crippen LogP contribution in [0.4, 0.5) is 5.82 Å². The lowest BCUT2D eigenvalue weighted by molar-refractivity contribution is 0.372. The van der Waals surface area contributed by atoms with Crippen LogP contribution in [-0.2, 0) is 10.0 Å². The maximum absolute atomic E-state index is 11.9. The number of aromatic nitrogens is 1. The van der Waals surface area contributed by atoms with Crippen molar-refractivity contribution in [1.82, 2.24) is 19.9 Å². The summed E-state index contributed by atoms with van der Waals surface area (Å²) in [7, 11) is -1.55. The first-order valence-corrected chi connectivity index (χ1v) is 10.2. The largest absolute Gasteiger partial charge is 0.355 e. The number of pyridine rings is 1. The van der Waals surface area contributed by atoms with Gasteiger partial charge in [-0.1, -0.05) is 6.07 Å². The van der Waals surface area contributed by atoms with Gasteiger partial charge in [0.2, 0.25) is 10.0 Å². The zero-order valence-electron chi connectivity index (χ0n) is 15.1. The Hall–Kier alpha value is -1.87. The molecule has 1 aliphatic rings. The van der Waals surface area contributed by atoms with Gasteiger partial charge in [0.05, 0.1) is 5.75 Å². The number of hydrogen-bond acceptors (Lipinski definition) is 5. The van der Waals surface area contributed by atoms with Gasteiger partial charge in [-0.05, 0) is 26.0 Å². The van der Waals surface area contributed by atoms with Crippen LogP contribution in [0, 0.1) is 0 Å². The molecule has 0 atom stereocenters. The summed E-state index contributed by atoms with van der Waals surface area (Å²) in [6.07, 6.45) is 1.80. The van der Waals surface area contributed by atoms with E-state index in [4.69, 9.17) is 0 Å². The Bertz CT molecular complexity index is 654. The van der Waals surface area contributed by atoms with E-state index >= 15 is 0 Å². The van der Waals surface area contributed by atoms with Gasteiger partial charge < -0.3 is 15.1 Å². The molecule has 25 heavy (non-hydrogen) atoms. The first-order chi connectivity index (χ1) is 11.9. The van der Waals surface area contributed by atoms with Crippen LogP contribution < -0.4 is 14.9 Å². The van der Waals surface area contributed by atoms with Crippen LogP contribution in [0.25, 0.3) is 0 Å². The topological polar surface area (TPSA) is 89.9 Å². The summed E-state index contributed by atoms with van der Waals surface area (Å²) in [5, 5.41) is 3.15. The van der Waals surface area contributed by atoms with Crippen molar-refractivity contribution in [3.63, 3.8) is 0 Å². The molecular weight excluding hydrogens is 340 g/mol. The maximum atomic E-state index is 11.9. The van der Waals surface area contributed by atoms with Gasteiger partial charge in [-0.25, -0.2) is 18.1 Å². The lowest BCUT2D eigenvalue weighted by Gasteiger charge is -2.37. The fraction of sp³-hybridized carbons (Fsp3) is 0.625. The molecule has 2 heterocycles. The number of piperazine rings is 1. The quantitative estimate of drug-likeness (QED) is 0.547. The monoisotopic (exact) mass is 368 g/mol. The molecule has 1 saturated heterocycles. The molecule has 2 rings (SSSR count). The Morgan fingerprint density at radius 3 is 2.56 bits per heavy atom. The Labute approximate surface area is 150 Å². The molecular formula is C16H28N6O2S. The lowest BCUT2D eigenvalue weighted by Crippen LogP contribution is -2.53. The third-order valence-electron chi connectivity index (χ3n) is 3.83. The van der Waals surface area contributed by atoms with Crippen molar-refractivity contribution in [2.75, 3.05) is 50.4 Å². The van der Waals surface area contributed by atoms with Gasteiger partial charge in [0.25, 0.3) is 0 Å². The first-order valence-electron chi connectivity index (χ1n) is 8.53. The van der Waals surface area contributed by atoms with Crippen molar-refractivity contribution in [1.29, 1.82) is 0 Å². The molecule has 0 aliphatic carbocycles. The van der Waals surface area contributed by atoms with Crippen molar-refractivity contribution in [2.24, 2.45) is 4.99 Å². The third kappa shape index (κ3) is 6.17. The van der Waals surface area contributed by atoms with Crippen molar-refractivity contribution in [3.05, 3.63) is 24.4 Å². The van der Waals surface area contributed by atoms with Crippen molar-refractivity contribution in [3.8, 4) is 0 Å². The maximum Gasteiger partial charge on any atom is 0.213 e. The molecule has 0 bridgehead atoms. The normalized spacial score (nSPS) is 16.4. The number of rotatable bonds is 6. The highest BCUT2D eigenvalue weighted by Crippen LogP contribution is 2.12. The van der Waals surface area contributed by atoms with Crippen molar-refractivity contribution in [2.45, 2.75) is 19.9 Å². The number of nitrogens with zero attached hydrogens (tertiary/aromatic N) is 4. The zero-order chi connectivity index (χ0) is 18.3. The summed E-state index contributed by atoms with van der Waals surface area (Å²) in [4.78, 5) is 13.0. The van der Waals surface area contributed by atoms with Gasteiger partial charge in [0, 0.05) is 52.0 Å². The number of guanidine groups is 1. The Morgan fingerprint density at radius 2 is 2.00 bits per heavy atom. The number of anilines is 1. The summed E-state index contributed by atoms with van der Waals surface area (Å²) in [5.74, 6) is 1.74. The molecule has 2 N–H and O–H groups in total. The highest BCUT2D eigenvalue weighted by molar-refractivity contribution is 7.89. The van der Waals surface area contributed by atoms with Crippen LogP contribution >= 0.6 is 0 Å². The van der Waals surface area contributed by atoms with Crippen LogP contribution in [0.3, 0.4) is 0 Å². The Balaban J connectivity index is 1.81. The van der Waals surface area contributed by atoms with Crippen LogP contribution in [0.5, 0.6) is 0 Å². The molecule has 0 spiro atoms. The number of aliphatic imine (C=N–C) groups is 1. The molecule has 9 heteroatoms. The Morgan fingerprint density at radius 1 is 1.28 bits per heavy atom. The van der Waals surface area contributed by atoms with Gasteiger partial charge in [-0.2, -0.15) is 0 Å². The van der Waals surface area contributed by atoms with E-state index in [1.807, 2.05) is 32.0 Å². The summed E-state index contributed by atoms with van der Waals surface area (Å²) < 4.78 is 26.3. The fourth-order valence-electron chi connectivity index (χ4n) is 2.74. The van der Waals surface area contributed by atoms with E-state index in [2.05, 4.69) is 29.8 Å². The second-order valence-corrected chi connectivity index (χ2v) is 8.10. The molecule has 1 aromatic rings. The molecule has 1 aromatic heterocycles. The molecule has 8 nitrogen and oxygen atoms in total. The van der Waals surface area contributed by atoms with E-state index < -0.39 is 10.0 Å². The van der Waals surface area contributed by atoms with Crippen LogP contribution in [0.2, 0.25) is 0 Å². The highest BCUT2D eigenvalue weighted by Gasteiger charge is 2.20. The average molecular weight is 369 g/mol. The molecule has 1 aliphatic heterocycles. The van der Waals surface area contributed by atoms with Crippen molar-refractivity contribution >= 4 is 21.8 Å². The molecule has 0 unspecified atom stereocenters. The molecule has 140 valence electrons. The van der Waals surface area contributed by atoms with Gasteiger partial charge in [-0.3, -0.25) is 4.99 Å². The van der Waals surface area contributed by atoms with E-state index in [-0.39, 0.29) is 11.8 Å². The predicted molar refractivity (Wildman–Crippen MR) is 101 cm³/mol. The third-order valence-corrected chi connectivity index (χ3v) is 5.41. The second-order valence-electron chi connectivity index (χ2n) is 6.23. The van der Waals surface area contributed by atoms with E-state index in [9.17, 15) is 8.42 Å². The highest BCUT2D eigenvalue weighted by atomic mass is 32.2. The van der Waals surface area contributed by atoms with E-state index in [0.717, 1.165) is 38.0 Å². The fourth-order valence-corrected chi connectivity index (χ4v) is 3.94. The van der Waals surface area contributed by atoms with Crippen molar-refractivity contribution < 1.29 is 8.42 Å². The van der Waals surface area contributed by atoms with E-state index in [0.29, 0.717) is 6.54 Å². The number of sulfonamides is 1. The molecule has 0 radical (unpaired) electrons. The molecule has 0 aromatic carbocycles.